The summed E-state index contributed by atoms with van der Waals surface area (Å²) in [4.78, 5) is 12.5. The van der Waals surface area contributed by atoms with E-state index in [1.54, 1.807) is 24.3 Å². The summed E-state index contributed by atoms with van der Waals surface area (Å²) in [7, 11) is -3.76. The Morgan fingerprint density at radius 1 is 1.14 bits per heavy atom. The average molecular weight is 414 g/mol. The molecule has 0 aliphatic carbocycles. The minimum Gasteiger partial charge on any atom is -0.350 e. The standard InChI is InChI=1S/C19H21F3N2O3S/c1-13-7-9-17(10-8-13)24(28(3,26)27)14(2)18(25)23-12-15-5-4-6-16(11-15)19(20,21)22/h4-11,14H,12H2,1-3H3,(H,23,25)/t14-/m0/s1. The molecule has 9 heteroatoms. The lowest BCUT2D eigenvalue weighted by molar-refractivity contribution is -0.137. The van der Waals surface area contributed by atoms with Crippen LogP contribution in [0.1, 0.15) is 23.6 Å². The van der Waals surface area contributed by atoms with Crippen LogP contribution in [0.2, 0.25) is 0 Å². The number of nitrogens with zero attached hydrogens (tertiary/aromatic N) is 1. The van der Waals surface area contributed by atoms with E-state index in [1.807, 2.05) is 6.92 Å². The summed E-state index contributed by atoms with van der Waals surface area (Å²) >= 11 is 0. The Balaban J connectivity index is 2.17. The Kier molecular flexibility index (Phi) is 6.38. The van der Waals surface area contributed by atoms with Gasteiger partial charge in [0.15, 0.2) is 0 Å². The zero-order valence-corrected chi connectivity index (χ0v) is 16.4. The van der Waals surface area contributed by atoms with Gasteiger partial charge < -0.3 is 5.32 Å². The largest absolute Gasteiger partial charge is 0.416 e. The third-order valence-electron chi connectivity index (χ3n) is 4.10. The maximum absolute atomic E-state index is 12.8. The van der Waals surface area contributed by atoms with Crippen molar-refractivity contribution in [1.82, 2.24) is 5.32 Å². The fourth-order valence-corrected chi connectivity index (χ4v) is 3.87. The molecule has 0 spiro atoms. The van der Waals surface area contributed by atoms with Gasteiger partial charge >= 0.3 is 6.18 Å². The molecule has 0 saturated carbocycles. The number of hydrogen-bond donors (Lipinski definition) is 1. The average Bonchev–Trinajstić information content (AvgIpc) is 2.60. The number of amides is 1. The molecule has 0 radical (unpaired) electrons. The number of nitrogens with one attached hydrogen (secondary N) is 1. The molecular formula is C19H21F3N2O3S. The molecule has 1 atom stereocenters. The van der Waals surface area contributed by atoms with E-state index in [0.717, 1.165) is 28.3 Å². The maximum Gasteiger partial charge on any atom is 0.416 e. The molecule has 1 amide bonds. The molecule has 0 bridgehead atoms. The molecule has 0 aliphatic rings. The highest BCUT2D eigenvalue weighted by Crippen LogP contribution is 2.29. The van der Waals surface area contributed by atoms with Crippen molar-refractivity contribution in [1.29, 1.82) is 0 Å². The predicted molar refractivity (Wildman–Crippen MR) is 101 cm³/mol. The smallest absolute Gasteiger partial charge is 0.350 e. The molecule has 0 aromatic heterocycles. The maximum atomic E-state index is 12.8. The van der Waals surface area contributed by atoms with Gasteiger partial charge in [-0.25, -0.2) is 8.42 Å². The Morgan fingerprint density at radius 3 is 2.29 bits per heavy atom. The zero-order valence-electron chi connectivity index (χ0n) is 15.6. The van der Waals surface area contributed by atoms with E-state index in [4.69, 9.17) is 0 Å². The van der Waals surface area contributed by atoms with Gasteiger partial charge in [-0.05, 0) is 43.7 Å². The first-order chi connectivity index (χ1) is 12.9. The van der Waals surface area contributed by atoms with Crippen molar-refractivity contribution in [2.45, 2.75) is 32.6 Å². The monoisotopic (exact) mass is 414 g/mol. The summed E-state index contributed by atoms with van der Waals surface area (Å²) < 4.78 is 63.8. The lowest BCUT2D eigenvalue weighted by Crippen LogP contribution is -2.47. The van der Waals surface area contributed by atoms with Gasteiger partial charge in [0.2, 0.25) is 15.9 Å². The van der Waals surface area contributed by atoms with Crippen LogP contribution in [0.15, 0.2) is 48.5 Å². The predicted octanol–water partition coefficient (Wildman–Crippen LogP) is 3.48. The van der Waals surface area contributed by atoms with Crippen molar-refractivity contribution in [3.63, 3.8) is 0 Å². The van der Waals surface area contributed by atoms with E-state index < -0.39 is 33.7 Å². The van der Waals surface area contributed by atoms with Crippen molar-refractivity contribution in [2.24, 2.45) is 0 Å². The van der Waals surface area contributed by atoms with E-state index in [1.165, 1.54) is 19.1 Å². The van der Waals surface area contributed by atoms with Gasteiger partial charge in [-0.1, -0.05) is 29.8 Å². The molecule has 0 saturated heterocycles. The lowest BCUT2D eigenvalue weighted by atomic mass is 10.1. The third-order valence-corrected chi connectivity index (χ3v) is 5.34. The number of alkyl halides is 3. The Hall–Kier alpha value is -2.55. The van der Waals surface area contributed by atoms with Crippen LogP contribution in [0.5, 0.6) is 0 Å². The van der Waals surface area contributed by atoms with Gasteiger partial charge in [0, 0.05) is 6.54 Å². The van der Waals surface area contributed by atoms with Crippen LogP contribution >= 0.6 is 0 Å². The summed E-state index contributed by atoms with van der Waals surface area (Å²) in [6.07, 6.45) is -3.49. The topological polar surface area (TPSA) is 66.5 Å². The Labute approximate surface area is 162 Å². The minimum atomic E-state index is -4.48. The fourth-order valence-electron chi connectivity index (χ4n) is 2.69. The Morgan fingerprint density at radius 2 is 1.75 bits per heavy atom. The molecule has 0 unspecified atom stereocenters. The quantitative estimate of drug-likeness (QED) is 0.787. The van der Waals surface area contributed by atoms with E-state index in [0.29, 0.717) is 5.69 Å². The van der Waals surface area contributed by atoms with Crippen LogP contribution in [0, 0.1) is 6.92 Å². The van der Waals surface area contributed by atoms with Gasteiger partial charge in [-0.3, -0.25) is 9.10 Å². The van der Waals surface area contributed by atoms with Crippen molar-refractivity contribution in [3.05, 3.63) is 65.2 Å². The first-order valence-corrected chi connectivity index (χ1v) is 10.2. The number of carbonyl (C=O) groups is 1. The van der Waals surface area contributed by atoms with Crippen molar-refractivity contribution in [3.8, 4) is 0 Å². The van der Waals surface area contributed by atoms with Crippen LogP contribution in [-0.4, -0.2) is 26.6 Å². The summed E-state index contributed by atoms with van der Waals surface area (Å²) in [5.41, 5.74) is 0.704. The number of benzene rings is 2. The molecule has 152 valence electrons. The van der Waals surface area contributed by atoms with E-state index in [-0.39, 0.29) is 12.1 Å². The van der Waals surface area contributed by atoms with Crippen LogP contribution in [-0.2, 0) is 27.5 Å². The number of sulfonamides is 1. The molecule has 0 heterocycles. The zero-order chi connectivity index (χ0) is 21.1. The number of carbonyl (C=O) groups excluding carboxylic acids is 1. The van der Waals surface area contributed by atoms with Gasteiger partial charge in [0.1, 0.15) is 6.04 Å². The van der Waals surface area contributed by atoms with Crippen molar-refractivity contribution < 1.29 is 26.4 Å². The number of anilines is 1. The molecule has 2 aromatic carbocycles. The second-order valence-corrected chi connectivity index (χ2v) is 8.35. The van der Waals surface area contributed by atoms with E-state index in [2.05, 4.69) is 5.32 Å². The van der Waals surface area contributed by atoms with Crippen LogP contribution in [0.25, 0.3) is 0 Å². The van der Waals surface area contributed by atoms with E-state index in [9.17, 15) is 26.4 Å². The fraction of sp³-hybridized carbons (Fsp3) is 0.316. The SMILES string of the molecule is Cc1ccc(N([C@@H](C)C(=O)NCc2cccc(C(F)(F)F)c2)S(C)(=O)=O)cc1. The second kappa shape index (κ2) is 8.22. The number of hydrogen-bond acceptors (Lipinski definition) is 3. The molecule has 5 nitrogen and oxygen atoms in total. The highest BCUT2D eigenvalue weighted by atomic mass is 32.2. The van der Waals surface area contributed by atoms with Crippen molar-refractivity contribution >= 4 is 21.6 Å². The molecule has 0 aliphatic heterocycles. The highest BCUT2D eigenvalue weighted by Gasteiger charge is 2.31. The van der Waals surface area contributed by atoms with Crippen LogP contribution < -0.4 is 9.62 Å². The molecule has 2 rings (SSSR count). The lowest BCUT2D eigenvalue weighted by Gasteiger charge is -2.28. The minimum absolute atomic E-state index is 0.154. The van der Waals surface area contributed by atoms with Gasteiger partial charge in [0.25, 0.3) is 0 Å². The normalized spacial score (nSPS) is 13.1. The summed E-state index contributed by atoms with van der Waals surface area (Å²) in [5.74, 6) is -0.622. The van der Waals surface area contributed by atoms with Gasteiger partial charge in [-0.15, -0.1) is 0 Å². The molecule has 0 fully saturated rings. The Bertz CT molecular complexity index is 942. The molecule has 1 N–H and O–H groups in total. The number of halogens is 3. The molecule has 28 heavy (non-hydrogen) atoms. The highest BCUT2D eigenvalue weighted by molar-refractivity contribution is 7.92. The number of rotatable bonds is 6. The van der Waals surface area contributed by atoms with Crippen LogP contribution in [0.4, 0.5) is 18.9 Å². The van der Waals surface area contributed by atoms with E-state index >= 15 is 0 Å². The molecule has 2 aromatic rings. The first-order valence-electron chi connectivity index (χ1n) is 8.39. The third kappa shape index (κ3) is 5.48. The first kappa shape index (κ1) is 21.7. The number of aryl methyl sites for hydroxylation is 1. The summed E-state index contributed by atoms with van der Waals surface area (Å²) in [6, 6.07) is 10.1. The van der Waals surface area contributed by atoms with Gasteiger partial charge in [0.05, 0.1) is 17.5 Å². The van der Waals surface area contributed by atoms with Crippen LogP contribution in [0.3, 0.4) is 0 Å². The van der Waals surface area contributed by atoms with Crippen molar-refractivity contribution in [2.75, 3.05) is 10.6 Å². The summed E-state index contributed by atoms with van der Waals surface area (Å²) in [6.45, 7) is 3.11. The summed E-state index contributed by atoms with van der Waals surface area (Å²) in [5, 5.41) is 2.50. The van der Waals surface area contributed by atoms with Gasteiger partial charge in [-0.2, -0.15) is 13.2 Å². The molecular weight excluding hydrogens is 393 g/mol. The second-order valence-electron chi connectivity index (χ2n) is 6.49.